The van der Waals surface area contributed by atoms with Crippen molar-refractivity contribution in [3.63, 3.8) is 0 Å². The van der Waals surface area contributed by atoms with E-state index in [0.717, 1.165) is 13.1 Å². The molecule has 90 valence electrons. The molecule has 16 heavy (non-hydrogen) atoms. The highest BCUT2D eigenvalue weighted by Crippen LogP contribution is 2.35. The van der Waals surface area contributed by atoms with Crippen molar-refractivity contribution in [2.45, 2.75) is 33.2 Å². The molecule has 1 fully saturated rings. The van der Waals surface area contributed by atoms with E-state index in [2.05, 4.69) is 36.0 Å². The average molecular weight is 239 g/mol. The molecular weight excluding hydrogens is 218 g/mol. The lowest BCUT2D eigenvalue weighted by Crippen LogP contribution is -2.22. The summed E-state index contributed by atoms with van der Waals surface area (Å²) >= 11 is 1.82. The fourth-order valence-electron chi connectivity index (χ4n) is 2.04. The molecule has 0 bridgehead atoms. The number of rotatable bonds is 3. The van der Waals surface area contributed by atoms with Crippen LogP contribution in [0.5, 0.6) is 0 Å². The molecule has 2 rings (SSSR count). The summed E-state index contributed by atoms with van der Waals surface area (Å²) in [6, 6.07) is 0.405. The Morgan fingerprint density at radius 3 is 2.88 bits per heavy atom. The molecule has 1 aliphatic heterocycles. The Labute approximate surface area is 102 Å². The number of nitrogens with zero attached hydrogens (tertiary/aromatic N) is 2. The molecule has 2 heterocycles. The molecular formula is C12H21N3S. The van der Waals surface area contributed by atoms with Gasteiger partial charge >= 0.3 is 0 Å². The maximum absolute atomic E-state index is 4.54. The van der Waals surface area contributed by atoms with Crippen LogP contribution in [0, 0.1) is 5.41 Å². The largest absolute Gasteiger partial charge is 0.348 e. The molecule has 1 aromatic heterocycles. The molecule has 0 amide bonds. The molecule has 0 aliphatic carbocycles. The summed E-state index contributed by atoms with van der Waals surface area (Å²) in [5.41, 5.74) is 0.445. The third-order valence-corrected chi connectivity index (χ3v) is 4.56. The maximum Gasteiger partial charge on any atom is 0.185 e. The van der Waals surface area contributed by atoms with Crippen molar-refractivity contribution in [3.8, 4) is 0 Å². The maximum atomic E-state index is 4.54. The molecule has 1 saturated heterocycles. The smallest absolute Gasteiger partial charge is 0.185 e. The molecule has 0 aromatic carbocycles. The summed E-state index contributed by atoms with van der Waals surface area (Å²) < 4.78 is 0. The van der Waals surface area contributed by atoms with Gasteiger partial charge in [-0.1, -0.05) is 13.8 Å². The van der Waals surface area contributed by atoms with E-state index >= 15 is 0 Å². The van der Waals surface area contributed by atoms with Crippen molar-refractivity contribution in [3.05, 3.63) is 11.1 Å². The van der Waals surface area contributed by atoms with Gasteiger partial charge in [-0.2, -0.15) is 0 Å². The zero-order valence-corrected chi connectivity index (χ0v) is 11.4. The fraction of sp³-hybridized carbons (Fsp3) is 0.750. The van der Waals surface area contributed by atoms with E-state index in [1.807, 2.05) is 24.6 Å². The second kappa shape index (κ2) is 4.34. The molecule has 1 aliphatic rings. The van der Waals surface area contributed by atoms with Crippen molar-refractivity contribution >= 4 is 16.5 Å². The summed E-state index contributed by atoms with van der Waals surface area (Å²) in [5.74, 6) is 0. The first kappa shape index (κ1) is 11.9. The van der Waals surface area contributed by atoms with Gasteiger partial charge in [-0.05, 0) is 25.8 Å². The molecule has 0 spiro atoms. The average Bonchev–Trinajstić information content (AvgIpc) is 2.83. The number of aromatic nitrogens is 1. The topological polar surface area (TPSA) is 28.2 Å². The van der Waals surface area contributed by atoms with E-state index in [9.17, 15) is 0 Å². The lowest BCUT2D eigenvalue weighted by atomic mass is 9.93. The first-order chi connectivity index (χ1) is 7.52. The Morgan fingerprint density at radius 1 is 1.56 bits per heavy atom. The molecule has 1 atom stereocenters. The van der Waals surface area contributed by atoms with Crippen LogP contribution < -0.4 is 10.2 Å². The molecule has 0 radical (unpaired) electrons. The van der Waals surface area contributed by atoms with Crippen LogP contribution in [0.25, 0.3) is 0 Å². The van der Waals surface area contributed by atoms with Crippen molar-refractivity contribution in [2.24, 2.45) is 5.41 Å². The van der Waals surface area contributed by atoms with Crippen molar-refractivity contribution < 1.29 is 0 Å². The van der Waals surface area contributed by atoms with Crippen molar-refractivity contribution in [1.29, 1.82) is 0 Å². The summed E-state index contributed by atoms with van der Waals surface area (Å²) in [7, 11) is 1.99. The van der Waals surface area contributed by atoms with Crippen LogP contribution in [0.15, 0.2) is 6.20 Å². The fourth-order valence-corrected chi connectivity index (χ4v) is 3.04. The van der Waals surface area contributed by atoms with Gasteiger partial charge in [-0.15, -0.1) is 11.3 Å². The molecule has 4 heteroatoms. The quantitative estimate of drug-likeness (QED) is 0.879. The molecule has 1 aromatic rings. The highest BCUT2D eigenvalue weighted by atomic mass is 32.1. The van der Waals surface area contributed by atoms with E-state index in [1.165, 1.54) is 16.4 Å². The lowest BCUT2D eigenvalue weighted by Gasteiger charge is -2.18. The van der Waals surface area contributed by atoms with Gasteiger partial charge in [-0.25, -0.2) is 4.98 Å². The minimum atomic E-state index is 0.405. The van der Waals surface area contributed by atoms with E-state index in [4.69, 9.17) is 0 Å². The second-order valence-electron chi connectivity index (χ2n) is 5.39. The van der Waals surface area contributed by atoms with Crippen LogP contribution in [0.1, 0.15) is 38.1 Å². The van der Waals surface area contributed by atoms with Gasteiger partial charge in [-0.3, -0.25) is 0 Å². The zero-order chi connectivity index (χ0) is 11.8. The van der Waals surface area contributed by atoms with Gasteiger partial charge in [0.2, 0.25) is 0 Å². The van der Waals surface area contributed by atoms with Gasteiger partial charge in [0.05, 0.1) is 0 Å². The SMILES string of the molecule is CNC(C)c1cnc(N2CCC(C)(C)C2)s1. The van der Waals surface area contributed by atoms with E-state index in [1.54, 1.807) is 0 Å². The van der Waals surface area contributed by atoms with Crippen LogP contribution in [0.2, 0.25) is 0 Å². The number of anilines is 1. The standard InChI is InChI=1S/C12H21N3S/c1-9(13-4)10-7-14-11(16-10)15-6-5-12(2,3)8-15/h7,9,13H,5-6,8H2,1-4H3. The normalized spacial score (nSPS) is 21.4. The van der Waals surface area contributed by atoms with Gasteiger partial charge in [0, 0.05) is 30.2 Å². The third-order valence-electron chi connectivity index (χ3n) is 3.32. The Kier molecular flexibility index (Phi) is 3.22. The van der Waals surface area contributed by atoms with E-state index in [-0.39, 0.29) is 0 Å². The molecule has 1 unspecified atom stereocenters. The van der Waals surface area contributed by atoms with Crippen molar-refractivity contribution in [2.75, 3.05) is 25.0 Å². The number of hydrogen-bond acceptors (Lipinski definition) is 4. The summed E-state index contributed by atoms with van der Waals surface area (Å²) in [6.45, 7) is 9.11. The van der Waals surface area contributed by atoms with Gasteiger partial charge in [0.1, 0.15) is 0 Å². The summed E-state index contributed by atoms with van der Waals surface area (Å²) in [5, 5.41) is 4.44. The number of hydrogen-bond donors (Lipinski definition) is 1. The Bertz CT molecular complexity index is 359. The van der Waals surface area contributed by atoms with Gasteiger partial charge in [0.25, 0.3) is 0 Å². The summed E-state index contributed by atoms with van der Waals surface area (Å²) in [6.07, 6.45) is 3.27. The Balaban J connectivity index is 2.08. The third kappa shape index (κ3) is 2.38. The van der Waals surface area contributed by atoms with Crippen LogP contribution in [-0.2, 0) is 0 Å². The van der Waals surface area contributed by atoms with Crippen LogP contribution in [0.3, 0.4) is 0 Å². The minimum Gasteiger partial charge on any atom is -0.348 e. The predicted molar refractivity (Wildman–Crippen MR) is 70.2 cm³/mol. The Morgan fingerprint density at radius 2 is 2.31 bits per heavy atom. The Hall–Kier alpha value is -0.610. The molecule has 1 N–H and O–H groups in total. The lowest BCUT2D eigenvalue weighted by molar-refractivity contribution is 0.418. The van der Waals surface area contributed by atoms with E-state index < -0.39 is 0 Å². The second-order valence-corrected chi connectivity index (χ2v) is 6.43. The first-order valence-electron chi connectivity index (χ1n) is 5.90. The molecule has 3 nitrogen and oxygen atoms in total. The van der Waals surface area contributed by atoms with E-state index in [0.29, 0.717) is 11.5 Å². The van der Waals surface area contributed by atoms with Crippen LogP contribution >= 0.6 is 11.3 Å². The first-order valence-corrected chi connectivity index (χ1v) is 6.71. The number of thiazole rings is 1. The van der Waals surface area contributed by atoms with Gasteiger partial charge in [0.15, 0.2) is 5.13 Å². The number of nitrogens with one attached hydrogen (secondary N) is 1. The molecule has 0 saturated carbocycles. The summed E-state index contributed by atoms with van der Waals surface area (Å²) in [4.78, 5) is 8.27. The minimum absolute atomic E-state index is 0.405. The van der Waals surface area contributed by atoms with Crippen molar-refractivity contribution in [1.82, 2.24) is 10.3 Å². The zero-order valence-electron chi connectivity index (χ0n) is 10.6. The monoisotopic (exact) mass is 239 g/mol. The van der Waals surface area contributed by atoms with Gasteiger partial charge < -0.3 is 10.2 Å². The highest BCUT2D eigenvalue weighted by Gasteiger charge is 2.30. The van der Waals surface area contributed by atoms with Crippen LogP contribution in [-0.4, -0.2) is 25.1 Å². The van der Waals surface area contributed by atoms with Crippen LogP contribution in [0.4, 0.5) is 5.13 Å². The highest BCUT2D eigenvalue weighted by molar-refractivity contribution is 7.15. The predicted octanol–water partition coefficient (Wildman–Crippen LogP) is 2.66.